The van der Waals surface area contributed by atoms with Crippen LogP contribution >= 0.6 is 55.2 Å². The van der Waals surface area contributed by atoms with E-state index in [0.29, 0.717) is 22.5 Å². The molecular weight excluding hydrogens is 580 g/mol. The molecule has 3 rings (SSSR count). The van der Waals surface area contributed by atoms with Gasteiger partial charge in [-0.3, -0.25) is 4.79 Å². The zero-order valence-corrected chi connectivity index (χ0v) is 22.0. The average Bonchev–Trinajstić information content (AvgIpc) is 2.72. The number of nitrogens with one attached hydrogen (secondary N) is 1. The summed E-state index contributed by atoms with van der Waals surface area (Å²) in [6.45, 7) is 4.13. The van der Waals surface area contributed by atoms with E-state index in [-0.39, 0.29) is 11.7 Å². The summed E-state index contributed by atoms with van der Waals surface area (Å²) in [5.74, 6) is 0.574. The Morgan fingerprint density at radius 1 is 1.16 bits per heavy atom. The minimum Gasteiger partial charge on any atom is -0.486 e. The van der Waals surface area contributed by atoms with Crippen LogP contribution in [0.2, 0.25) is 5.02 Å². The second-order valence-electron chi connectivity index (χ2n) is 6.71. The minimum absolute atomic E-state index is 0.169. The van der Waals surface area contributed by atoms with Crippen LogP contribution in [0, 0.1) is 13.8 Å². The van der Waals surface area contributed by atoms with Crippen molar-refractivity contribution in [3.8, 4) is 5.75 Å². The molecule has 10 heteroatoms. The standard InChI is InChI=1S/C22H19Br2ClN4O2S/c1-13-7-14(2)28-22(27-13)32-12-20(30)29-26-10-15-8-17(23)21(18(24)9-15)31-11-16-5-3-4-6-19(16)25/h3-10H,11-12H2,1-2H3,(H,29,30)/b26-10-. The summed E-state index contributed by atoms with van der Waals surface area (Å²) in [6, 6.07) is 13.1. The van der Waals surface area contributed by atoms with Crippen molar-refractivity contribution in [3.05, 3.63) is 78.9 Å². The van der Waals surface area contributed by atoms with Gasteiger partial charge in [-0.1, -0.05) is 41.6 Å². The van der Waals surface area contributed by atoms with E-state index in [1.807, 2.05) is 56.3 Å². The number of hydrogen-bond donors (Lipinski definition) is 1. The highest BCUT2D eigenvalue weighted by Gasteiger charge is 2.10. The normalized spacial score (nSPS) is 11.0. The molecule has 0 unspecified atom stereocenters. The molecule has 1 heterocycles. The van der Waals surface area contributed by atoms with Crippen molar-refractivity contribution in [2.24, 2.45) is 5.10 Å². The van der Waals surface area contributed by atoms with Crippen molar-refractivity contribution in [3.63, 3.8) is 0 Å². The molecule has 0 saturated carbocycles. The first-order chi connectivity index (χ1) is 15.3. The van der Waals surface area contributed by atoms with Gasteiger partial charge in [-0.25, -0.2) is 15.4 Å². The fourth-order valence-electron chi connectivity index (χ4n) is 2.66. The van der Waals surface area contributed by atoms with Gasteiger partial charge in [-0.2, -0.15) is 5.10 Å². The molecule has 0 atom stereocenters. The summed E-state index contributed by atoms with van der Waals surface area (Å²) in [5.41, 5.74) is 5.92. The van der Waals surface area contributed by atoms with Crippen LogP contribution < -0.4 is 10.2 Å². The van der Waals surface area contributed by atoms with Gasteiger partial charge in [0.25, 0.3) is 5.91 Å². The Bertz CT molecular complexity index is 1120. The molecule has 1 amide bonds. The van der Waals surface area contributed by atoms with Crippen molar-refractivity contribution in [2.75, 3.05) is 5.75 Å². The molecule has 0 saturated heterocycles. The monoisotopic (exact) mass is 596 g/mol. The van der Waals surface area contributed by atoms with Gasteiger partial charge in [-0.05, 0) is 75.5 Å². The fraction of sp³-hybridized carbons (Fsp3) is 0.182. The molecular formula is C22H19Br2ClN4O2S. The third-order valence-corrected chi connectivity index (χ3v) is 6.44. The number of nitrogens with zero attached hydrogens (tertiary/aromatic N) is 3. The second-order valence-corrected chi connectivity index (χ2v) is 9.77. The Kier molecular flexibility index (Phi) is 9.10. The van der Waals surface area contributed by atoms with Crippen LogP contribution in [0.3, 0.4) is 0 Å². The van der Waals surface area contributed by atoms with E-state index < -0.39 is 0 Å². The molecule has 0 aliphatic carbocycles. The summed E-state index contributed by atoms with van der Waals surface area (Å²) in [5, 5.41) is 5.25. The number of aryl methyl sites for hydroxylation is 2. The molecule has 32 heavy (non-hydrogen) atoms. The molecule has 0 bridgehead atoms. The first kappa shape index (κ1) is 24.7. The van der Waals surface area contributed by atoms with E-state index in [0.717, 1.165) is 31.5 Å². The van der Waals surface area contributed by atoms with E-state index in [1.54, 1.807) is 6.21 Å². The molecule has 1 N–H and O–H groups in total. The molecule has 0 aliphatic rings. The van der Waals surface area contributed by atoms with Crippen molar-refractivity contribution in [1.82, 2.24) is 15.4 Å². The number of amides is 1. The van der Waals surface area contributed by atoms with E-state index in [2.05, 4.69) is 52.4 Å². The summed E-state index contributed by atoms with van der Waals surface area (Å²) in [7, 11) is 0. The number of halogens is 3. The second kappa shape index (κ2) is 11.8. The molecule has 166 valence electrons. The minimum atomic E-state index is -0.244. The van der Waals surface area contributed by atoms with E-state index in [4.69, 9.17) is 16.3 Å². The lowest BCUT2D eigenvalue weighted by molar-refractivity contribution is -0.118. The number of ether oxygens (including phenoxy) is 1. The van der Waals surface area contributed by atoms with Gasteiger partial charge in [-0.15, -0.1) is 0 Å². The lowest BCUT2D eigenvalue weighted by Gasteiger charge is -2.12. The number of thioether (sulfide) groups is 1. The largest absolute Gasteiger partial charge is 0.486 e. The van der Waals surface area contributed by atoms with E-state index in [9.17, 15) is 4.79 Å². The van der Waals surface area contributed by atoms with Crippen LogP contribution in [0.5, 0.6) is 5.75 Å². The number of rotatable bonds is 8. The molecule has 0 spiro atoms. The molecule has 2 aromatic carbocycles. The predicted molar refractivity (Wildman–Crippen MR) is 136 cm³/mol. The highest BCUT2D eigenvalue weighted by Crippen LogP contribution is 2.35. The highest BCUT2D eigenvalue weighted by molar-refractivity contribution is 9.11. The smallest absolute Gasteiger partial charge is 0.250 e. The maximum absolute atomic E-state index is 12.1. The number of hydrogen-bond acceptors (Lipinski definition) is 6. The molecule has 1 aromatic heterocycles. The highest BCUT2D eigenvalue weighted by atomic mass is 79.9. The summed E-state index contributed by atoms with van der Waals surface area (Å²) in [6.07, 6.45) is 1.56. The van der Waals surface area contributed by atoms with Crippen molar-refractivity contribution < 1.29 is 9.53 Å². The predicted octanol–water partition coefficient (Wildman–Crippen LogP) is 6.09. The molecule has 0 radical (unpaired) electrons. The lowest BCUT2D eigenvalue weighted by Crippen LogP contribution is -2.19. The zero-order valence-electron chi connectivity index (χ0n) is 17.2. The number of carbonyl (C=O) groups excluding carboxylic acids is 1. The third-order valence-electron chi connectivity index (χ3n) is 4.05. The van der Waals surface area contributed by atoms with Gasteiger partial charge in [0.05, 0.1) is 20.9 Å². The first-order valence-electron chi connectivity index (χ1n) is 9.44. The fourth-order valence-corrected chi connectivity index (χ4v) is 5.04. The average molecular weight is 599 g/mol. The van der Waals surface area contributed by atoms with Gasteiger partial charge >= 0.3 is 0 Å². The summed E-state index contributed by atoms with van der Waals surface area (Å²) < 4.78 is 7.41. The summed E-state index contributed by atoms with van der Waals surface area (Å²) >= 11 is 14.5. The first-order valence-corrected chi connectivity index (χ1v) is 12.4. The van der Waals surface area contributed by atoms with Crippen LogP contribution in [0.25, 0.3) is 0 Å². The summed E-state index contributed by atoms with van der Waals surface area (Å²) in [4.78, 5) is 20.7. The van der Waals surface area contributed by atoms with Gasteiger partial charge in [0.2, 0.25) is 0 Å². The zero-order chi connectivity index (χ0) is 23.1. The SMILES string of the molecule is Cc1cc(C)nc(SCC(=O)N/N=C\c2cc(Br)c(OCc3ccccc3Cl)c(Br)c2)n1. The van der Waals surface area contributed by atoms with Gasteiger partial charge in [0.15, 0.2) is 5.16 Å². The van der Waals surface area contributed by atoms with Gasteiger partial charge in [0.1, 0.15) is 12.4 Å². The van der Waals surface area contributed by atoms with E-state index in [1.165, 1.54) is 11.8 Å². The maximum Gasteiger partial charge on any atom is 0.250 e. The van der Waals surface area contributed by atoms with Crippen molar-refractivity contribution in [1.29, 1.82) is 0 Å². The van der Waals surface area contributed by atoms with E-state index >= 15 is 0 Å². The van der Waals surface area contributed by atoms with Crippen LogP contribution in [0.1, 0.15) is 22.5 Å². The van der Waals surface area contributed by atoms with Crippen LogP contribution in [0.4, 0.5) is 0 Å². The van der Waals surface area contributed by atoms with Gasteiger partial charge < -0.3 is 4.74 Å². The Labute approximate surface area is 212 Å². The topological polar surface area (TPSA) is 76.5 Å². The maximum atomic E-state index is 12.1. The van der Waals surface area contributed by atoms with Crippen LogP contribution in [0.15, 0.2) is 61.7 Å². The van der Waals surface area contributed by atoms with Crippen molar-refractivity contribution >= 4 is 67.3 Å². The molecule has 6 nitrogen and oxygen atoms in total. The number of carbonyl (C=O) groups is 1. The number of benzene rings is 2. The Hall–Kier alpha value is -1.94. The third kappa shape index (κ3) is 7.30. The Balaban J connectivity index is 1.55. The number of aromatic nitrogens is 2. The van der Waals surface area contributed by atoms with Crippen LogP contribution in [-0.4, -0.2) is 27.8 Å². The molecule has 3 aromatic rings. The Morgan fingerprint density at radius 3 is 2.47 bits per heavy atom. The number of hydrazone groups is 1. The molecule has 0 aliphatic heterocycles. The molecule has 0 fully saturated rings. The van der Waals surface area contributed by atoms with Gasteiger partial charge in [0, 0.05) is 22.0 Å². The van der Waals surface area contributed by atoms with Crippen LogP contribution in [-0.2, 0) is 11.4 Å². The Morgan fingerprint density at radius 2 is 1.81 bits per heavy atom. The quantitative estimate of drug-likeness (QED) is 0.147. The van der Waals surface area contributed by atoms with Crippen molar-refractivity contribution in [2.45, 2.75) is 25.6 Å². The lowest BCUT2D eigenvalue weighted by atomic mass is 10.2.